The molecule has 0 fully saturated rings. The van der Waals surface area contributed by atoms with Gasteiger partial charge in [-0.1, -0.05) is 24.3 Å². The Morgan fingerprint density at radius 3 is 2.86 bits per heavy atom. The summed E-state index contributed by atoms with van der Waals surface area (Å²) in [5, 5.41) is 16.2. The number of ether oxygens (including phenoxy) is 1. The molecule has 2 N–H and O–H groups in total. The van der Waals surface area contributed by atoms with Gasteiger partial charge in [-0.25, -0.2) is 4.68 Å². The summed E-state index contributed by atoms with van der Waals surface area (Å²) in [6.45, 7) is 2.09. The predicted molar refractivity (Wildman–Crippen MR) is 100 cm³/mol. The molecule has 0 radical (unpaired) electrons. The molecule has 0 unspecified atom stereocenters. The van der Waals surface area contributed by atoms with Crippen LogP contribution >= 0.6 is 0 Å². The number of aromatic nitrogens is 4. The SMILES string of the molecule is Cc1ccc(-n2cnnn2)cc1NC(=O)C(=O)NC[C@H]1Cc2ccccc2O1. The largest absolute Gasteiger partial charge is 0.488 e. The molecule has 0 aliphatic carbocycles. The smallest absolute Gasteiger partial charge is 0.313 e. The lowest BCUT2D eigenvalue weighted by Crippen LogP contribution is -2.40. The average molecular weight is 378 g/mol. The van der Waals surface area contributed by atoms with E-state index in [0.717, 1.165) is 16.9 Å². The summed E-state index contributed by atoms with van der Waals surface area (Å²) < 4.78 is 7.23. The van der Waals surface area contributed by atoms with Crippen molar-refractivity contribution < 1.29 is 14.3 Å². The first-order valence-corrected chi connectivity index (χ1v) is 8.78. The molecule has 0 bridgehead atoms. The van der Waals surface area contributed by atoms with Crippen molar-refractivity contribution in [1.82, 2.24) is 25.5 Å². The number of para-hydroxylation sites is 1. The van der Waals surface area contributed by atoms with Crippen LogP contribution in [0.1, 0.15) is 11.1 Å². The molecule has 0 saturated heterocycles. The fraction of sp³-hybridized carbons (Fsp3) is 0.211. The van der Waals surface area contributed by atoms with E-state index in [2.05, 4.69) is 26.2 Å². The van der Waals surface area contributed by atoms with Gasteiger partial charge in [-0.15, -0.1) is 5.10 Å². The fourth-order valence-electron chi connectivity index (χ4n) is 3.00. The third-order valence-corrected chi connectivity index (χ3v) is 4.49. The third-order valence-electron chi connectivity index (χ3n) is 4.49. The maximum absolute atomic E-state index is 12.3. The van der Waals surface area contributed by atoms with E-state index in [1.807, 2.05) is 43.3 Å². The van der Waals surface area contributed by atoms with Crippen LogP contribution in [0.4, 0.5) is 5.69 Å². The molecule has 2 aromatic carbocycles. The van der Waals surface area contributed by atoms with Crippen LogP contribution in [0.3, 0.4) is 0 Å². The highest BCUT2D eigenvalue weighted by Gasteiger charge is 2.24. The van der Waals surface area contributed by atoms with Gasteiger partial charge in [0.05, 0.1) is 12.2 Å². The van der Waals surface area contributed by atoms with Crippen LogP contribution in [-0.2, 0) is 16.0 Å². The summed E-state index contributed by atoms with van der Waals surface area (Å²) in [4.78, 5) is 24.5. The number of anilines is 1. The summed E-state index contributed by atoms with van der Waals surface area (Å²) in [5.41, 5.74) is 3.09. The van der Waals surface area contributed by atoms with Crippen LogP contribution in [0.25, 0.3) is 5.69 Å². The molecular weight excluding hydrogens is 360 g/mol. The lowest BCUT2D eigenvalue weighted by molar-refractivity contribution is -0.136. The zero-order valence-electron chi connectivity index (χ0n) is 15.1. The van der Waals surface area contributed by atoms with E-state index >= 15 is 0 Å². The summed E-state index contributed by atoms with van der Waals surface area (Å²) in [7, 11) is 0. The van der Waals surface area contributed by atoms with Crippen LogP contribution in [0.2, 0.25) is 0 Å². The number of hydrogen-bond acceptors (Lipinski definition) is 6. The number of hydrogen-bond donors (Lipinski definition) is 2. The van der Waals surface area contributed by atoms with Crippen molar-refractivity contribution in [3.05, 3.63) is 59.9 Å². The molecule has 1 aromatic heterocycles. The maximum atomic E-state index is 12.3. The van der Waals surface area contributed by atoms with Crippen molar-refractivity contribution in [2.75, 3.05) is 11.9 Å². The minimum atomic E-state index is -0.743. The lowest BCUT2D eigenvalue weighted by Gasteiger charge is -2.13. The van der Waals surface area contributed by atoms with E-state index < -0.39 is 11.8 Å². The molecule has 9 heteroatoms. The fourth-order valence-corrected chi connectivity index (χ4v) is 3.00. The van der Waals surface area contributed by atoms with E-state index in [1.54, 1.807) is 6.07 Å². The Kier molecular flexibility index (Phi) is 4.71. The summed E-state index contributed by atoms with van der Waals surface area (Å²) in [5.74, 6) is -0.638. The second-order valence-electron chi connectivity index (χ2n) is 6.47. The second-order valence-corrected chi connectivity index (χ2v) is 6.47. The molecule has 142 valence electrons. The Morgan fingerprint density at radius 2 is 2.07 bits per heavy atom. The van der Waals surface area contributed by atoms with Crippen molar-refractivity contribution in [3.63, 3.8) is 0 Å². The quantitative estimate of drug-likeness (QED) is 0.656. The third kappa shape index (κ3) is 3.68. The molecule has 0 spiro atoms. The average Bonchev–Trinajstić information content (AvgIpc) is 3.37. The monoisotopic (exact) mass is 378 g/mol. The van der Waals surface area contributed by atoms with Crippen LogP contribution in [0.15, 0.2) is 48.8 Å². The lowest BCUT2D eigenvalue weighted by atomic mass is 10.1. The summed E-state index contributed by atoms with van der Waals surface area (Å²) >= 11 is 0. The van der Waals surface area contributed by atoms with Gasteiger partial charge in [-0.3, -0.25) is 9.59 Å². The zero-order valence-corrected chi connectivity index (χ0v) is 15.1. The van der Waals surface area contributed by atoms with Gasteiger partial charge in [-0.2, -0.15) is 0 Å². The first-order chi connectivity index (χ1) is 13.6. The number of carbonyl (C=O) groups excluding carboxylic acids is 2. The van der Waals surface area contributed by atoms with Crippen LogP contribution in [-0.4, -0.2) is 44.7 Å². The Balaban J connectivity index is 1.35. The molecule has 1 atom stereocenters. The molecule has 1 aliphatic heterocycles. The van der Waals surface area contributed by atoms with Gasteiger partial charge in [0.15, 0.2) is 0 Å². The van der Waals surface area contributed by atoms with Crippen LogP contribution < -0.4 is 15.4 Å². The highest BCUT2D eigenvalue weighted by molar-refractivity contribution is 6.39. The topological polar surface area (TPSA) is 111 Å². The molecule has 9 nitrogen and oxygen atoms in total. The highest BCUT2D eigenvalue weighted by atomic mass is 16.5. The van der Waals surface area contributed by atoms with Gasteiger partial charge < -0.3 is 15.4 Å². The molecular formula is C19H18N6O3. The number of fused-ring (bicyclic) bond motifs is 1. The Bertz CT molecular complexity index is 993. The first kappa shape index (κ1) is 17.7. The van der Waals surface area contributed by atoms with E-state index in [-0.39, 0.29) is 12.6 Å². The van der Waals surface area contributed by atoms with E-state index in [1.165, 1.54) is 11.0 Å². The summed E-state index contributed by atoms with van der Waals surface area (Å²) in [6, 6.07) is 13.1. The van der Waals surface area contributed by atoms with Gasteiger partial charge in [0.2, 0.25) is 0 Å². The van der Waals surface area contributed by atoms with Gasteiger partial charge in [-0.05, 0) is 46.7 Å². The number of amides is 2. The number of benzene rings is 2. The van der Waals surface area contributed by atoms with Crippen molar-refractivity contribution in [2.24, 2.45) is 0 Å². The van der Waals surface area contributed by atoms with Crippen molar-refractivity contribution in [1.29, 1.82) is 0 Å². The van der Waals surface area contributed by atoms with Gasteiger partial charge in [0.1, 0.15) is 18.2 Å². The van der Waals surface area contributed by atoms with Gasteiger partial charge in [0, 0.05) is 12.1 Å². The second kappa shape index (κ2) is 7.47. The number of tetrazole rings is 1. The highest BCUT2D eigenvalue weighted by Crippen LogP contribution is 2.27. The Morgan fingerprint density at radius 1 is 1.21 bits per heavy atom. The number of nitrogens with zero attached hydrogens (tertiary/aromatic N) is 4. The maximum Gasteiger partial charge on any atom is 0.313 e. The van der Waals surface area contributed by atoms with Crippen LogP contribution in [0.5, 0.6) is 5.75 Å². The first-order valence-electron chi connectivity index (χ1n) is 8.78. The Labute approximate surface area is 160 Å². The molecule has 2 amide bonds. The Hall–Kier alpha value is -3.75. The zero-order chi connectivity index (χ0) is 19.5. The van der Waals surface area contributed by atoms with Crippen molar-refractivity contribution in [3.8, 4) is 11.4 Å². The van der Waals surface area contributed by atoms with E-state index in [9.17, 15) is 9.59 Å². The van der Waals surface area contributed by atoms with E-state index in [0.29, 0.717) is 17.8 Å². The number of rotatable bonds is 4. The molecule has 2 heterocycles. The number of aryl methyl sites for hydroxylation is 1. The minimum absolute atomic E-state index is 0.181. The molecule has 3 aromatic rings. The number of nitrogens with one attached hydrogen (secondary N) is 2. The van der Waals surface area contributed by atoms with Gasteiger partial charge >= 0.3 is 11.8 Å². The van der Waals surface area contributed by atoms with E-state index in [4.69, 9.17) is 4.74 Å². The number of carbonyl (C=O) groups is 2. The van der Waals surface area contributed by atoms with Crippen LogP contribution in [0, 0.1) is 6.92 Å². The minimum Gasteiger partial charge on any atom is -0.488 e. The van der Waals surface area contributed by atoms with Crippen molar-refractivity contribution in [2.45, 2.75) is 19.4 Å². The molecule has 0 saturated carbocycles. The molecule has 1 aliphatic rings. The molecule has 28 heavy (non-hydrogen) atoms. The predicted octanol–water partition coefficient (Wildman–Crippen LogP) is 1.03. The standard InChI is InChI=1S/C19H18N6O3/c1-12-6-7-14(25-11-21-23-24-25)9-16(12)22-19(27)18(26)20-10-15-8-13-4-2-3-5-17(13)28-15/h2-7,9,11,15H,8,10H2,1H3,(H,20,26)(H,22,27)/t15-/m1/s1. The molecule has 4 rings (SSSR count). The summed E-state index contributed by atoms with van der Waals surface area (Å²) in [6.07, 6.45) is 1.97. The van der Waals surface area contributed by atoms with Gasteiger partial charge in [0.25, 0.3) is 0 Å². The normalized spacial score (nSPS) is 14.8. The van der Waals surface area contributed by atoms with Crippen molar-refractivity contribution >= 4 is 17.5 Å².